The number of carboxylic acids is 1. The second-order valence-corrected chi connectivity index (χ2v) is 5.37. The van der Waals surface area contributed by atoms with Gasteiger partial charge >= 0.3 is 5.97 Å². The van der Waals surface area contributed by atoms with Gasteiger partial charge < -0.3 is 9.84 Å². The number of amides is 1. The van der Waals surface area contributed by atoms with E-state index in [-0.39, 0.29) is 5.91 Å². The van der Waals surface area contributed by atoms with Gasteiger partial charge in [-0.2, -0.15) is 0 Å². The Kier molecular flexibility index (Phi) is 4.76. The third kappa shape index (κ3) is 3.45. The molecule has 6 nitrogen and oxygen atoms in total. The van der Waals surface area contributed by atoms with Gasteiger partial charge in [-0.25, -0.2) is 5.01 Å². The molecule has 1 aliphatic heterocycles. The summed E-state index contributed by atoms with van der Waals surface area (Å²) < 4.78 is 5.21. The van der Waals surface area contributed by atoms with Crippen LogP contribution < -0.4 is 5.43 Å². The van der Waals surface area contributed by atoms with Crippen LogP contribution in [-0.2, 0) is 14.3 Å². The summed E-state index contributed by atoms with van der Waals surface area (Å²) >= 11 is 0. The zero-order valence-corrected chi connectivity index (χ0v) is 11.3. The van der Waals surface area contributed by atoms with Crippen LogP contribution >= 0.6 is 0 Å². The molecule has 0 aromatic heterocycles. The van der Waals surface area contributed by atoms with E-state index in [9.17, 15) is 14.7 Å². The van der Waals surface area contributed by atoms with Gasteiger partial charge in [0, 0.05) is 13.1 Å². The van der Waals surface area contributed by atoms with Crippen LogP contribution in [0.4, 0.5) is 0 Å². The van der Waals surface area contributed by atoms with Gasteiger partial charge in [0.25, 0.3) is 0 Å². The van der Waals surface area contributed by atoms with E-state index in [4.69, 9.17) is 4.74 Å². The van der Waals surface area contributed by atoms with Gasteiger partial charge in [0.15, 0.2) is 0 Å². The fourth-order valence-corrected chi connectivity index (χ4v) is 2.95. The highest BCUT2D eigenvalue weighted by atomic mass is 16.5. The van der Waals surface area contributed by atoms with Gasteiger partial charge in [0.1, 0.15) is 0 Å². The number of morpholine rings is 1. The number of ether oxygens (including phenoxy) is 1. The molecule has 1 saturated heterocycles. The van der Waals surface area contributed by atoms with Crippen molar-refractivity contribution in [2.75, 3.05) is 26.3 Å². The average Bonchev–Trinajstić information content (AvgIpc) is 2.84. The molecule has 0 bridgehead atoms. The molecule has 6 heteroatoms. The summed E-state index contributed by atoms with van der Waals surface area (Å²) in [7, 11) is 0. The molecule has 1 heterocycles. The number of nitrogens with one attached hydrogen (secondary N) is 1. The Labute approximate surface area is 113 Å². The molecule has 0 aromatic carbocycles. The van der Waals surface area contributed by atoms with E-state index in [1.165, 1.54) is 0 Å². The average molecular weight is 270 g/mol. The number of hydrogen-bond acceptors (Lipinski definition) is 4. The summed E-state index contributed by atoms with van der Waals surface area (Å²) in [6, 6.07) is 0. The predicted molar refractivity (Wildman–Crippen MR) is 68.2 cm³/mol. The minimum Gasteiger partial charge on any atom is -0.481 e. The first-order valence-corrected chi connectivity index (χ1v) is 6.97. The molecule has 2 rings (SSSR count). The lowest BCUT2D eigenvalue weighted by Gasteiger charge is -2.28. The van der Waals surface area contributed by atoms with Gasteiger partial charge in [-0.05, 0) is 18.8 Å². The Morgan fingerprint density at radius 3 is 2.47 bits per heavy atom. The van der Waals surface area contributed by atoms with Crippen molar-refractivity contribution in [1.82, 2.24) is 10.4 Å². The molecule has 1 aliphatic carbocycles. The highest BCUT2D eigenvalue weighted by molar-refractivity contribution is 5.85. The molecule has 1 amide bonds. The Balaban J connectivity index is 1.94. The first-order chi connectivity index (χ1) is 9.11. The van der Waals surface area contributed by atoms with Crippen molar-refractivity contribution >= 4 is 11.9 Å². The van der Waals surface area contributed by atoms with Crippen LogP contribution in [0, 0.1) is 17.8 Å². The maximum atomic E-state index is 12.2. The Morgan fingerprint density at radius 2 is 1.89 bits per heavy atom. The monoisotopic (exact) mass is 270 g/mol. The zero-order valence-electron chi connectivity index (χ0n) is 11.3. The highest BCUT2D eigenvalue weighted by Crippen LogP contribution is 2.38. The van der Waals surface area contributed by atoms with Crippen molar-refractivity contribution in [2.45, 2.75) is 26.2 Å². The maximum absolute atomic E-state index is 12.2. The molecule has 2 N–H and O–H groups in total. The van der Waals surface area contributed by atoms with E-state index in [1.54, 1.807) is 0 Å². The number of aliphatic carboxylic acids is 1. The van der Waals surface area contributed by atoms with Crippen LogP contribution in [0.2, 0.25) is 0 Å². The first kappa shape index (κ1) is 14.3. The van der Waals surface area contributed by atoms with Crippen molar-refractivity contribution in [1.29, 1.82) is 0 Å². The molecule has 0 spiro atoms. The lowest BCUT2D eigenvalue weighted by molar-refractivity contribution is -0.147. The molecule has 19 heavy (non-hydrogen) atoms. The lowest BCUT2D eigenvalue weighted by Crippen LogP contribution is -2.51. The number of hydrazine groups is 1. The highest BCUT2D eigenvalue weighted by Gasteiger charge is 2.42. The summed E-state index contributed by atoms with van der Waals surface area (Å²) in [4.78, 5) is 23.5. The van der Waals surface area contributed by atoms with Crippen molar-refractivity contribution in [3.8, 4) is 0 Å². The van der Waals surface area contributed by atoms with Crippen LogP contribution in [-0.4, -0.2) is 48.3 Å². The fourth-order valence-electron chi connectivity index (χ4n) is 2.95. The minimum absolute atomic E-state index is 0.148. The predicted octanol–water partition coefficient (Wildman–Crippen LogP) is 0.487. The zero-order chi connectivity index (χ0) is 13.8. The topological polar surface area (TPSA) is 78.9 Å². The fraction of sp³-hybridized carbons (Fsp3) is 0.846. The maximum Gasteiger partial charge on any atom is 0.307 e. The van der Waals surface area contributed by atoms with Crippen LogP contribution in [0.15, 0.2) is 0 Å². The van der Waals surface area contributed by atoms with Crippen LogP contribution in [0.1, 0.15) is 26.2 Å². The van der Waals surface area contributed by atoms with Crippen molar-refractivity contribution < 1.29 is 19.4 Å². The van der Waals surface area contributed by atoms with Gasteiger partial charge in [-0.15, -0.1) is 0 Å². The van der Waals surface area contributed by atoms with Crippen molar-refractivity contribution in [3.05, 3.63) is 0 Å². The quantitative estimate of drug-likeness (QED) is 0.777. The standard InChI is InChI=1S/C13H22N2O4/c1-2-9-7-10(11(8-9)13(17)18)12(16)14-15-3-5-19-6-4-15/h9-11H,2-8H2,1H3,(H,14,16)(H,17,18)/t9?,10-,11+/m0/s1. The third-order valence-electron chi connectivity index (χ3n) is 4.17. The first-order valence-electron chi connectivity index (χ1n) is 6.97. The Hall–Kier alpha value is -1.14. The van der Waals surface area contributed by atoms with E-state index in [0.717, 1.165) is 6.42 Å². The van der Waals surface area contributed by atoms with E-state index in [1.807, 2.05) is 11.9 Å². The van der Waals surface area contributed by atoms with E-state index in [2.05, 4.69) is 5.43 Å². The van der Waals surface area contributed by atoms with E-state index >= 15 is 0 Å². The summed E-state index contributed by atoms with van der Waals surface area (Å²) in [5.41, 5.74) is 2.84. The number of carboxylic acid groups (broad SMARTS) is 1. The number of carbonyl (C=O) groups is 2. The molecule has 108 valence electrons. The van der Waals surface area contributed by atoms with Gasteiger partial charge in [-0.1, -0.05) is 13.3 Å². The number of nitrogens with zero attached hydrogens (tertiary/aromatic N) is 1. The smallest absolute Gasteiger partial charge is 0.307 e. The molecule has 0 aromatic rings. The van der Waals surface area contributed by atoms with Gasteiger partial charge in [-0.3, -0.25) is 15.0 Å². The molecule has 1 unspecified atom stereocenters. The SMILES string of the molecule is CCC1C[C@H](C(=O)NN2CCOCC2)[C@H](C(=O)O)C1. The number of rotatable bonds is 4. The van der Waals surface area contributed by atoms with Crippen LogP contribution in [0.25, 0.3) is 0 Å². The van der Waals surface area contributed by atoms with Crippen LogP contribution in [0.5, 0.6) is 0 Å². The summed E-state index contributed by atoms with van der Waals surface area (Å²) in [5, 5.41) is 11.1. The molecular weight excluding hydrogens is 248 g/mol. The third-order valence-corrected chi connectivity index (χ3v) is 4.17. The summed E-state index contributed by atoms with van der Waals surface area (Å²) in [5.74, 6) is -1.58. The van der Waals surface area contributed by atoms with Crippen molar-refractivity contribution in [3.63, 3.8) is 0 Å². The normalized spacial score (nSPS) is 32.2. The molecular formula is C13H22N2O4. The largest absolute Gasteiger partial charge is 0.481 e. The molecule has 1 saturated carbocycles. The van der Waals surface area contributed by atoms with Gasteiger partial charge in [0.05, 0.1) is 25.0 Å². The molecule has 2 aliphatic rings. The van der Waals surface area contributed by atoms with Gasteiger partial charge in [0.2, 0.25) is 5.91 Å². The molecule has 3 atom stereocenters. The Bertz CT molecular complexity index is 342. The number of carbonyl (C=O) groups excluding carboxylic acids is 1. The second-order valence-electron chi connectivity index (χ2n) is 5.37. The van der Waals surface area contributed by atoms with E-state index in [0.29, 0.717) is 45.1 Å². The second kappa shape index (κ2) is 6.34. The number of hydrogen-bond donors (Lipinski definition) is 2. The minimum atomic E-state index is -0.849. The van der Waals surface area contributed by atoms with Crippen molar-refractivity contribution in [2.24, 2.45) is 17.8 Å². The summed E-state index contributed by atoms with van der Waals surface area (Å²) in [6.07, 6.45) is 2.24. The lowest BCUT2D eigenvalue weighted by atomic mass is 9.96. The molecule has 2 fully saturated rings. The van der Waals surface area contributed by atoms with E-state index < -0.39 is 17.8 Å². The summed E-state index contributed by atoms with van der Waals surface area (Å²) in [6.45, 7) is 4.57. The Morgan fingerprint density at radius 1 is 1.26 bits per heavy atom. The molecule has 0 radical (unpaired) electrons. The van der Waals surface area contributed by atoms with Crippen LogP contribution in [0.3, 0.4) is 0 Å².